The van der Waals surface area contributed by atoms with Gasteiger partial charge in [-0.3, -0.25) is 9.69 Å². The zero-order chi connectivity index (χ0) is 17.9. The van der Waals surface area contributed by atoms with Gasteiger partial charge < -0.3 is 16.2 Å². The van der Waals surface area contributed by atoms with Crippen molar-refractivity contribution in [3.05, 3.63) is 60.2 Å². The second kappa shape index (κ2) is 6.84. The summed E-state index contributed by atoms with van der Waals surface area (Å²) in [5.74, 6) is -0.305. The van der Waals surface area contributed by atoms with Crippen molar-refractivity contribution in [3.63, 3.8) is 0 Å². The fraction of sp³-hybridized carbons (Fsp3) is 0.263. The van der Waals surface area contributed by atoms with Crippen molar-refractivity contribution >= 4 is 23.4 Å². The van der Waals surface area contributed by atoms with Crippen LogP contribution in [0.25, 0.3) is 0 Å². The van der Waals surface area contributed by atoms with Gasteiger partial charge in [0.25, 0.3) is 5.91 Å². The van der Waals surface area contributed by atoms with Crippen molar-refractivity contribution in [1.29, 1.82) is 0 Å². The first-order valence-electron chi connectivity index (χ1n) is 8.23. The quantitative estimate of drug-likeness (QED) is 0.746. The minimum atomic E-state index is -1.10. The number of hydrogen-bond donors (Lipinski definition) is 3. The number of rotatable bonds is 4. The summed E-state index contributed by atoms with van der Waals surface area (Å²) in [6.45, 7) is 0.358. The Balaban J connectivity index is 1.91. The number of nitrogens with one attached hydrogen (secondary N) is 1. The van der Waals surface area contributed by atoms with E-state index in [9.17, 15) is 14.7 Å². The average molecular weight is 339 g/mol. The van der Waals surface area contributed by atoms with E-state index >= 15 is 0 Å². The molecule has 2 amide bonds. The number of benzene rings is 2. The highest BCUT2D eigenvalue weighted by atomic mass is 16.4. The summed E-state index contributed by atoms with van der Waals surface area (Å²) >= 11 is 0. The fourth-order valence-corrected chi connectivity index (χ4v) is 3.40. The van der Waals surface area contributed by atoms with Gasteiger partial charge in [0.2, 0.25) is 0 Å². The van der Waals surface area contributed by atoms with E-state index in [2.05, 4.69) is 5.32 Å². The van der Waals surface area contributed by atoms with E-state index in [1.165, 1.54) is 4.90 Å². The highest BCUT2D eigenvalue weighted by Gasteiger charge is 2.49. The van der Waals surface area contributed by atoms with Crippen LogP contribution in [0.4, 0.5) is 16.2 Å². The molecule has 1 atom stereocenters. The van der Waals surface area contributed by atoms with Crippen LogP contribution < -0.4 is 11.1 Å². The minimum absolute atomic E-state index is 0.305. The second-order valence-electron chi connectivity index (χ2n) is 6.31. The number of nitrogens with zero attached hydrogens (tertiary/aromatic N) is 1. The zero-order valence-corrected chi connectivity index (χ0v) is 13.8. The largest absolute Gasteiger partial charge is 0.465 e. The second-order valence-corrected chi connectivity index (χ2v) is 6.31. The molecule has 1 heterocycles. The van der Waals surface area contributed by atoms with Crippen molar-refractivity contribution in [2.75, 3.05) is 17.6 Å². The molecular formula is C19H21N3O3. The summed E-state index contributed by atoms with van der Waals surface area (Å²) in [6.07, 6.45) is 0.436. The molecule has 0 aliphatic carbocycles. The molecule has 2 aromatic carbocycles. The number of nitrogens with two attached hydrogens (primary N) is 1. The van der Waals surface area contributed by atoms with Gasteiger partial charge in [0, 0.05) is 24.3 Å². The predicted octanol–water partition coefficient (Wildman–Crippen LogP) is 2.96. The lowest BCUT2D eigenvalue weighted by atomic mass is 9.87. The van der Waals surface area contributed by atoms with Crippen molar-refractivity contribution in [1.82, 2.24) is 4.90 Å². The van der Waals surface area contributed by atoms with Crippen molar-refractivity contribution < 1.29 is 14.7 Å². The lowest BCUT2D eigenvalue weighted by Gasteiger charge is -2.35. The van der Waals surface area contributed by atoms with Crippen LogP contribution in [0.3, 0.4) is 0 Å². The molecule has 0 saturated carbocycles. The van der Waals surface area contributed by atoms with Crippen LogP contribution in [0.1, 0.15) is 18.4 Å². The third kappa shape index (κ3) is 3.42. The molecule has 1 saturated heterocycles. The summed E-state index contributed by atoms with van der Waals surface area (Å²) in [7, 11) is 0. The Morgan fingerprint density at radius 1 is 1.12 bits per heavy atom. The van der Waals surface area contributed by atoms with Gasteiger partial charge in [0.15, 0.2) is 0 Å². The number of carbonyl (C=O) groups is 2. The number of carbonyl (C=O) groups excluding carboxylic acids is 1. The summed E-state index contributed by atoms with van der Waals surface area (Å²) in [5.41, 5.74) is 6.70. The first-order valence-corrected chi connectivity index (χ1v) is 8.23. The Labute approximate surface area is 146 Å². The van der Waals surface area contributed by atoms with E-state index in [0.29, 0.717) is 37.2 Å². The molecule has 1 unspecified atom stereocenters. The molecule has 6 heteroatoms. The van der Waals surface area contributed by atoms with E-state index < -0.39 is 11.6 Å². The molecule has 0 bridgehead atoms. The average Bonchev–Trinajstić information content (AvgIpc) is 3.03. The van der Waals surface area contributed by atoms with Crippen LogP contribution in [0.5, 0.6) is 0 Å². The zero-order valence-electron chi connectivity index (χ0n) is 13.8. The molecule has 1 aliphatic rings. The maximum Gasteiger partial charge on any atom is 0.408 e. The Bertz CT molecular complexity index is 761. The molecule has 130 valence electrons. The van der Waals surface area contributed by atoms with Gasteiger partial charge >= 0.3 is 6.09 Å². The van der Waals surface area contributed by atoms with Crippen LogP contribution in [0, 0.1) is 0 Å². The molecule has 6 nitrogen and oxygen atoms in total. The molecule has 25 heavy (non-hydrogen) atoms. The molecule has 0 aromatic heterocycles. The molecule has 3 rings (SSSR count). The van der Waals surface area contributed by atoms with Crippen molar-refractivity contribution in [3.8, 4) is 0 Å². The monoisotopic (exact) mass is 339 g/mol. The molecular weight excluding hydrogens is 318 g/mol. The van der Waals surface area contributed by atoms with Crippen LogP contribution in [-0.4, -0.2) is 34.1 Å². The SMILES string of the molecule is Nc1ccc(NC(=O)C2(Cc3ccccc3)CCCN2C(=O)O)cc1. The molecule has 1 fully saturated rings. The van der Waals surface area contributed by atoms with Gasteiger partial charge in [0.05, 0.1) is 0 Å². The van der Waals surface area contributed by atoms with Gasteiger partial charge in [-0.1, -0.05) is 30.3 Å². The number of carboxylic acid groups (broad SMARTS) is 1. The predicted molar refractivity (Wildman–Crippen MR) is 96.3 cm³/mol. The summed E-state index contributed by atoms with van der Waals surface area (Å²) in [4.78, 5) is 26.1. The van der Waals surface area contributed by atoms with Crippen LogP contribution in [-0.2, 0) is 11.2 Å². The van der Waals surface area contributed by atoms with E-state index in [1.807, 2.05) is 30.3 Å². The Morgan fingerprint density at radius 2 is 1.80 bits per heavy atom. The summed E-state index contributed by atoms with van der Waals surface area (Å²) in [6, 6.07) is 16.3. The topological polar surface area (TPSA) is 95.7 Å². The molecule has 4 N–H and O–H groups in total. The number of nitrogen functional groups attached to an aromatic ring is 1. The molecule has 1 aliphatic heterocycles. The lowest BCUT2D eigenvalue weighted by molar-refractivity contribution is -0.125. The van der Waals surface area contributed by atoms with Gasteiger partial charge in [-0.15, -0.1) is 0 Å². The number of anilines is 2. The maximum atomic E-state index is 13.1. The van der Waals surface area contributed by atoms with Gasteiger partial charge in [-0.25, -0.2) is 4.79 Å². The van der Waals surface area contributed by atoms with E-state index in [1.54, 1.807) is 24.3 Å². The maximum absolute atomic E-state index is 13.1. The number of likely N-dealkylation sites (tertiary alicyclic amines) is 1. The molecule has 0 spiro atoms. The smallest absolute Gasteiger partial charge is 0.408 e. The van der Waals surface area contributed by atoms with Crippen LogP contribution >= 0.6 is 0 Å². The molecule has 2 aromatic rings. The lowest BCUT2D eigenvalue weighted by Crippen LogP contribution is -2.56. The van der Waals surface area contributed by atoms with Crippen molar-refractivity contribution in [2.24, 2.45) is 0 Å². The Kier molecular flexibility index (Phi) is 4.61. The van der Waals surface area contributed by atoms with Gasteiger partial charge in [-0.2, -0.15) is 0 Å². The van der Waals surface area contributed by atoms with Gasteiger partial charge in [0.1, 0.15) is 5.54 Å². The van der Waals surface area contributed by atoms with Crippen LogP contribution in [0.15, 0.2) is 54.6 Å². The standard InChI is InChI=1S/C19H21N3O3/c20-15-7-9-16(10-8-15)21-17(23)19(11-4-12-22(19)18(24)25)13-14-5-2-1-3-6-14/h1-3,5-10H,4,11-13,20H2,(H,21,23)(H,24,25). The highest BCUT2D eigenvalue weighted by molar-refractivity contribution is 6.00. The third-order valence-corrected chi connectivity index (χ3v) is 4.65. The normalized spacial score (nSPS) is 19.6. The van der Waals surface area contributed by atoms with Gasteiger partial charge in [-0.05, 0) is 42.7 Å². The minimum Gasteiger partial charge on any atom is -0.465 e. The first kappa shape index (κ1) is 16.8. The van der Waals surface area contributed by atoms with Crippen LogP contribution in [0.2, 0.25) is 0 Å². The van der Waals surface area contributed by atoms with E-state index in [0.717, 1.165) is 5.56 Å². The molecule has 0 radical (unpaired) electrons. The highest BCUT2D eigenvalue weighted by Crippen LogP contribution is 2.34. The first-order chi connectivity index (χ1) is 12.0. The number of amides is 2. The Morgan fingerprint density at radius 3 is 2.44 bits per heavy atom. The third-order valence-electron chi connectivity index (χ3n) is 4.65. The van der Waals surface area contributed by atoms with E-state index in [4.69, 9.17) is 5.73 Å². The summed E-state index contributed by atoms with van der Waals surface area (Å²) < 4.78 is 0. The summed E-state index contributed by atoms with van der Waals surface area (Å²) in [5, 5.41) is 12.5. The number of hydrogen-bond acceptors (Lipinski definition) is 3. The van der Waals surface area contributed by atoms with E-state index in [-0.39, 0.29) is 5.91 Å². The fourth-order valence-electron chi connectivity index (χ4n) is 3.40. The Hall–Kier alpha value is -3.02. The van der Waals surface area contributed by atoms with Crippen molar-refractivity contribution in [2.45, 2.75) is 24.8 Å².